The molecule has 1 N–H and O–H groups in total. The van der Waals surface area contributed by atoms with Crippen LogP contribution in [0, 0.1) is 0 Å². The topological polar surface area (TPSA) is 55.4 Å². The summed E-state index contributed by atoms with van der Waals surface area (Å²) in [5, 5.41) is 3.30. The van der Waals surface area contributed by atoms with Crippen molar-refractivity contribution in [3.63, 3.8) is 0 Å². The smallest absolute Gasteiger partial charge is 0.264 e. The number of fused-ring (bicyclic) bond motifs is 1. The zero-order valence-electron chi connectivity index (χ0n) is 8.86. The highest BCUT2D eigenvalue weighted by molar-refractivity contribution is 7.85. The van der Waals surface area contributed by atoms with Crippen molar-refractivity contribution in [2.45, 2.75) is 6.42 Å². The lowest BCUT2D eigenvalue weighted by Gasteiger charge is -1.94. The zero-order chi connectivity index (χ0) is 11.3. The van der Waals surface area contributed by atoms with Gasteiger partial charge in [0.15, 0.2) is 0 Å². The predicted molar refractivity (Wildman–Crippen MR) is 60.5 cm³/mol. The SMILES string of the molecule is COS(C)(=O)=O.c1ccc2c(c1)CCN2. The first-order valence-electron chi connectivity index (χ1n) is 4.60. The average Bonchev–Trinajstić information content (AvgIpc) is 2.65. The molecular weight excluding hydrogens is 214 g/mol. The van der Waals surface area contributed by atoms with E-state index in [1.165, 1.54) is 17.7 Å². The summed E-state index contributed by atoms with van der Waals surface area (Å²) in [6.07, 6.45) is 2.18. The number of hydrogen-bond acceptors (Lipinski definition) is 4. The highest BCUT2D eigenvalue weighted by Gasteiger charge is 2.05. The van der Waals surface area contributed by atoms with E-state index in [0.717, 1.165) is 19.9 Å². The van der Waals surface area contributed by atoms with Gasteiger partial charge in [-0.2, -0.15) is 8.42 Å². The van der Waals surface area contributed by atoms with Crippen LogP contribution < -0.4 is 5.32 Å². The highest BCUT2D eigenvalue weighted by atomic mass is 32.2. The first-order chi connectivity index (χ1) is 7.03. The van der Waals surface area contributed by atoms with Crippen molar-refractivity contribution in [3.8, 4) is 0 Å². The van der Waals surface area contributed by atoms with Crippen LogP contribution in [0.2, 0.25) is 0 Å². The standard InChI is InChI=1S/C8H9N.C2H6O3S/c1-2-4-8-7(3-1)5-6-9-8;1-5-6(2,3)4/h1-4,9H,5-6H2;1-2H3. The number of para-hydroxylation sites is 1. The van der Waals surface area contributed by atoms with Crippen molar-refractivity contribution in [1.29, 1.82) is 0 Å². The maximum atomic E-state index is 9.78. The summed E-state index contributed by atoms with van der Waals surface area (Å²) in [7, 11) is -2.04. The van der Waals surface area contributed by atoms with Crippen LogP contribution in [0.1, 0.15) is 5.56 Å². The fraction of sp³-hybridized carbons (Fsp3) is 0.400. The molecule has 0 bridgehead atoms. The Morgan fingerprint density at radius 2 is 1.93 bits per heavy atom. The highest BCUT2D eigenvalue weighted by Crippen LogP contribution is 2.19. The van der Waals surface area contributed by atoms with Crippen molar-refractivity contribution in [2.24, 2.45) is 0 Å². The van der Waals surface area contributed by atoms with Gasteiger partial charge >= 0.3 is 0 Å². The largest absolute Gasteiger partial charge is 0.384 e. The summed E-state index contributed by atoms with van der Waals surface area (Å²) in [5.41, 5.74) is 2.77. The van der Waals surface area contributed by atoms with E-state index in [1.807, 2.05) is 0 Å². The van der Waals surface area contributed by atoms with Crippen LogP contribution in [-0.2, 0) is 20.7 Å². The van der Waals surface area contributed by atoms with Gasteiger partial charge < -0.3 is 5.32 Å². The maximum Gasteiger partial charge on any atom is 0.264 e. The minimum absolute atomic E-state index is 0.993. The second-order valence-electron chi connectivity index (χ2n) is 3.20. The van der Waals surface area contributed by atoms with E-state index >= 15 is 0 Å². The lowest BCUT2D eigenvalue weighted by molar-refractivity contribution is 0.403. The molecule has 0 aromatic heterocycles. The Morgan fingerprint density at radius 1 is 1.33 bits per heavy atom. The van der Waals surface area contributed by atoms with Crippen LogP contribution in [0.15, 0.2) is 24.3 Å². The molecule has 2 rings (SSSR count). The summed E-state index contributed by atoms with van der Waals surface area (Å²) in [5.74, 6) is 0. The van der Waals surface area contributed by atoms with Crippen LogP contribution in [0.3, 0.4) is 0 Å². The van der Waals surface area contributed by atoms with Gasteiger partial charge in [-0.3, -0.25) is 4.18 Å². The monoisotopic (exact) mass is 229 g/mol. The van der Waals surface area contributed by atoms with Gasteiger partial charge in [-0.15, -0.1) is 0 Å². The first-order valence-corrected chi connectivity index (χ1v) is 6.42. The van der Waals surface area contributed by atoms with E-state index in [9.17, 15) is 8.42 Å². The van der Waals surface area contributed by atoms with Gasteiger partial charge in [0.2, 0.25) is 0 Å². The first kappa shape index (κ1) is 12.0. The molecule has 5 heteroatoms. The molecule has 0 atom stereocenters. The van der Waals surface area contributed by atoms with E-state index in [0.29, 0.717) is 0 Å². The van der Waals surface area contributed by atoms with E-state index in [2.05, 4.69) is 33.8 Å². The van der Waals surface area contributed by atoms with Crippen molar-refractivity contribution in [2.75, 3.05) is 25.2 Å². The van der Waals surface area contributed by atoms with Crippen LogP contribution >= 0.6 is 0 Å². The van der Waals surface area contributed by atoms with Crippen molar-refractivity contribution in [3.05, 3.63) is 29.8 Å². The molecule has 1 aliphatic heterocycles. The van der Waals surface area contributed by atoms with Gasteiger partial charge in [0, 0.05) is 12.2 Å². The molecule has 1 aromatic rings. The van der Waals surface area contributed by atoms with Crippen molar-refractivity contribution < 1.29 is 12.6 Å². The second kappa shape index (κ2) is 5.14. The number of hydrogen-bond donors (Lipinski definition) is 1. The average molecular weight is 229 g/mol. The third-order valence-electron chi connectivity index (χ3n) is 2.03. The van der Waals surface area contributed by atoms with Gasteiger partial charge in [-0.1, -0.05) is 18.2 Å². The van der Waals surface area contributed by atoms with E-state index < -0.39 is 10.1 Å². The Kier molecular flexibility index (Phi) is 4.11. The number of nitrogens with one attached hydrogen (secondary N) is 1. The van der Waals surface area contributed by atoms with Crippen molar-refractivity contribution >= 4 is 15.8 Å². The summed E-state index contributed by atoms with van der Waals surface area (Å²) in [6, 6.07) is 8.46. The summed E-state index contributed by atoms with van der Waals surface area (Å²) < 4.78 is 23.5. The Balaban J connectivity index is 0.000000167. The summed E-state index contributed by atoms with van der Waals surface area (Å²) >= 11 is 0. The predicted octanol–water partition coefficient (Wildman–Crippen LogP) is 1.25. The Labute approximate surface area is 90.4 Å². The quantitative estimate of drug-likeness (QED) is 0.736. The fourth-order valence-electron chi connectivity index (χ4n) is 1.24. The van der Waals surface area contributed by atoms with Crippen molar-refractivity contribution in [1.82, 2.24) is 0 Å². The third kappa shape index (κ3) is 4.31. The molecule has 0 spiro atoms. The second-order valence-corrected chi connectivity index (χ2v) is 4.95. The third-order valence-corrected chi connectivity index (χ3v) is 2.64. The molecule has 4 nitrogen and oxygen atoms in total. The van der Waals surface area contributed by atoms with Crippen LogP contribution in [0.5, 0.6) is 0 Å². The number of anilines is 1. The van der Waals surface area contributed by atoms with Crippen LogP contribution in [-0.4, -0.2) is 28.3 Å². The zero-order valence-corrected chi connectivity index (χ0v) is 9.67. The Morgan fingerprint density at radius 3 is 2.47 bits per heavy atom. The maximum absolute atomic E-state index is 9.78. The van der Waals surface area contributed by atoms with E-state index in [1.54, 1.807) is 0 Å². The summed E-state index contributed by atoms with van der Waals surface area (Å²) in [6.45, 7) is 1.11. The van der Waals surface area contributed by atoms with Crippen LogP contribution in [0.25, 0.3) is 0 Å². The normalized spacial score (nSPS) is 13.5. The van der Waals surface area contributed by atoms with Gasteiger partial charge in [-0.05, 0) is 18.1 Å². The molecule has 1 aromatic carbocycles. The minimum atomic E-state index is -3.16. The molecule has 1 heterocycles. The molecule has 0 aliphatic carbocycles. The number of rotatable bonds is 1. The molecule has 0 unspecified atom stereocenters. The van der Waals surface area contributed by atoms with E-state index in [4.69, 9.17) is 0 Å². The Hall–Kier alpha value is -1.07. The molecule has 0 amide bonds. The molecule has 0 saturated carbocycles. The lowest BCUT2D eigenvalue weighted by Crippen LogP contribution is -1.95. The van der Waals surface area contributed by atoms with Crippen LogP contribution in [0.4, 0.5) is 5.69 Å². The van der Waals surface area contributed by atoms with Gasteiger partial charge in [0.05, 0.1) is 13.4 Å². The molecule has 0 fully saturated rings. The van der Waals surface area contributed by atoms with E-state index in [-0.39, 0.29) is 0 Å². The Bertz CT molecular complexity index is 391. The molecule has 0 radical (unpaired) electrons. The lowest BCUT2D eigenvalue weighted by atomic mass is 10.2. The molecule has 0 saturated heterocycles. The molecule has 1 aliphatic rings. The fourth-order valence-corrected chi connectivity index (χ4v) is 1.24. The van der Waals surface area contributed by atoms with Gasteiger partial charge in [0.1, 0.15) is 0 Å². The number of benzene rings is 1. The van der Waals surface area contributed by atoms with Gasteiger partial charge in [-0.25, -0.2) is 0 Å². The summed E-state index contributed by atoms with van der Waals surface area (Å²) in [4.78, 5) is 0. The molecular formula is C10H15NO3S. The van der Waals surface area contributed by atoms with Gasteiger partial charge in [0.25, 0.3) is 10.1 Å². The molecule has 15 heavy (non-hydrogen) atoms. The molecule has 84 valence electrons. The minimum Gasteiger partial charge on any atom is -0.384 e.